The van der Waals surface area contributed by atoms with Gasteiger partial charge in [-0.25, -0.2) is 9.59 Å². The van der Waals surface area contributed by atoms with Crippen LogP contribution in [0.25, 0.3) is 6.08 Å². The molecule has 8 amide bonds. The highest BCUT2D eigenvalue weighted by Crippen LogP contribution is 2.47. The third-order valence-electron chi connectivity index (χ3n) is 8.06. The van der Waals surface area contributed by atoms with E-state index in [0.29, 0.717) is 24.2 Å². The Labute approximate surface area is 238 Å². The van der Waals surface area contributed by atoms with E-state index < -0.39 is 52.7 Å². The van der Waals surface area contributed by atoms with Gasteiger partial charge in [0.25, 0.3) is 11.8 Å². The summed E-state index contributed by atoms with van der Waals surface area (Å²) in [5, 5.41) is 2.23. The third-order valence-corrected chi connectivity index (χ3v) is 8.06. The predicted octanol–water partition coefficient (Wildman–Crippen LogP) is 1.08. The number of amides is 8. The number of nitrogens with one attached hydrogen (secondary N) is 1. The van der Waals surface area contributed by atoms with Crippen molar-refractivity contribution >= 4 is 59.9 Å². The number of hydrogen-bond acceptors (Lipinski definition) is 8. The molecule has 1 atom stereocenters. The molecule has 0 aliphatic carbocycles. The van der Waals surface area contributed by atoms with E-state index in [9.17, 15) is 28.8 Å². The molecule has 1 aromatic rings. The fraction of sp³-hybridized carbons (Fsp3) is 0.481. The van der Waals surface area contributed by atoms with Gasteiger partial charge in [-0.1, -0.05) is 6.07 Å². The topological polar surface area (TPSA) is 131 Å². The molecule has 4 aliphatic rings. The van der Waals surface area contributed by atoms with Crippen LogP contribution in [0.1, 0.15) is 31.9 Å². The van der Waals surface area contributed by atoms with Gasteiger partial charge in [0.15, 0.2) is 5.41 Å². The smallest absolute Gasteiger partial charge is 0.332 e. The first kappa shape index (κ1) is 29.2. The molecule has 5 rings (SSSR count). The van der Waals surface area contributed by atoms with Crippen molar-refractivity contribution < 1.29 is 28.8 Å². The van der Waals surface area contributed by atoms with E-state index in [4.69, 9.17) is 0 Å². The monoisotopic (exact) mass is 572 g/mol. The quantitative estimate of drug-likeness (QED) is 0.301. The van der Waals surface area contributed by atoms with Crippen LogP contribution in [0, 0.1) is 5.41 Å². The van der Waals surface area contributed by atoms with Crippen molar-refractivity contribution in [3.05, 3.63) is 34.9 Å². The fourth-order valence-electron chi connectivity index (χ4n) is 6.12. The number of piperazine rings is 1. The van der Waals surface area contributed by atoms with Gasteiger partial charge in [-0.05, 0) is 63.6 Å². The molecule has 4 aliphatic heterocycles. The summed E-state index contributed by atoms with van der Waals surface area (Å²) in [6.07, 6.45) is 1.47. The van der Waals surface area contributed by atoms with Crippen molar-refractivity contribution in [3.8, 4) is 0 Å². The molecule has 0 bridgehead atoms. The number of benzene rings is 1. The number of fused-ring (bicyclic) bond motifs is 4. The van der Waals surface area contributed by atoms with Crippen molar-refractivity contribution in [1.82, 2.24) is 24.9 Å². The second kappa shape index (κ2) is 9.70. The van der Waals surface area contributed by atoms with Crippen LogP contribution < -0.4 is 10.2 Å². The molecule has 13 heteroatoms. The maximum absolute atomic E-state index is 13.8. The zero-order valence-corrected chi connectivity index (χ0v) is 24.1. The van der Waals surface area contributed by atoms with Crippen molar-refractivity contribution in [2.75, 3.05) is 45.7 Å². The second-order valence-electron chi connectivity index (χ2n) is 11.6. The van der Waals surface area contributed by atoms with Crippen LogP contribution >= 0.6 is 12.4 Å². The number of halogens is 1. The number of hydrogen-bond donors (Lipinski definition) is 1. The zero-order valence-electron chi connectivity index (χ0n) is 23.3. The van der Waals surface area contributed by atoms with E-state index in [-0.39, 0.29) is 24.4 Å². The average Bonchev–Trinajstić information content (AvgIpc) is 2.86. The molecule has 0 aromatic heterocycles. The first-order valence-electron chi connectivity index (χ1n) is 12.8. The minimum absolute atomic E-state index is 0. The lowest BCUT2D eigenvalue weighted by atomic mass is 9.67. The van der Waals surface area contributed by atoms with Crippen LogP contribution in [-0.2, 0) is 25.6 Å². The fourth-order valence-corrected chi connectivity index (χ4v) is 6.12. The van der Waals surface area contributed by atoms with E-state index in [2.05, 4.69) is 15.1 Å². The Hall–Kier alpha value is -3.77. The third kappa shape index (κ3) is 4.17. The van der Waals surface area contributed by atoms with Crippen molar-refractivity contribution in [2.45, 2.75) is 38.8 Å². The number of nitrogens with zero attached hydrogens (tertiary/aromatic N) is 5. The normalized spacial score (nSPS) is 24.4. The number of carbonyl (C=O) groups is 6. The minimum atomic E-state index is -1.52. The maximum Gasteiger partial charge on any atom is 0.332 e. The number of urea groups is 2. The molecule has 1 N–H and O–H groups in total. The Morgan fingerprint density at radius 1 is 0.950 bits per heavy atom. The Kier molecular flexibility index (Phi) is 7.09. The van der Waals surface area contributed by atoms with Crippen LogP contribution in [0.2, 0.25) is 0 Å². The summed E-state index contributed by atoms with van der Waals surface area (Å²) in [6.45, 7) is 6.83. The van der Waals surface area contributed by atoms with Gasteiger partial charge in [0.1, 0.15) is 5.57 Å². The number of likely N-dealkylation sites (N-methyl/N-ethyl adjacent to an activating group) is 1. The summed E-state index contributed by atoms with van der Waals surface area (Å²) in [5.74, 6) is -2.59. The van der Waals surface area contributed by atoms with E-state index >= 15 is 0 Å². The van der Waals surface area contributed by atoms with Crippen LogP contribution in [0.5, 0.6) is 0 Å². The van der Waals surface area contributed by atoms with Crippen LogP contribution in [-0.4, -0.2) is 108 Å². The number of carbonyl (C=O) groups excluding carboxylic acids is 6. The molecule has 0 radical (unpaired) electrons. The van der Waals surface area contributed by atoms with Gasteiger partial charge in [-0.3, -0.25) is 39.2 Å². The maximum atomic E-state index is 13.8. The number of imide groups is 4. The zero-order chi connectivity index (χ0) is 28.6. The lowest BCUT2D eigenvalue weighted by molar-refractivity contribution is -0.160. The van der Waals surface area contributed by atoms with Gasteiger partial charge in [-0.2, -0.15) is 0 Å². The molecule has 214 valence electrons. The number of anilines is 1. The molecule has 1 unspecified atom stereocenters. The SMILES string of the molecule is CN1CCN2c3ccc(/C=C4\C(=O)NC(=O)N(C(C)(C)C)C4=O)cc3CC3(C(=O)N(C)C(=O)N(C)C3=O)C2C1.Cl. The van der Waals surface area contributed by atoms with Crippen LogP contribution in [0.4, 0.5) is 15.3 Å². The van der Waals surface area contributed by atoms with E-state index in [1.54, 1.807) is 32.9 Å². The Balaban J connectivity index is 0.00000370. The summed E-state index contributed by atoms with van der Waals surface area (Å²) in [4.78, 5) is 85.4. The summed E-state index contributed by atoms with van der Waals surface area (Å²) < 4.78 is 0. The first-order chi connectivity index (χ1) is 18.2. The molecule has 1 aromatic carbocycles. The number of rotatable bonds is 1. The van der Waals surface area contributed by atoms with Crippen LogP contribution in [0.3, 0.4) is 0 Å². The standard InChI is InChI=1S/C27H32N6O6.ClH/c1-26(2,3)33-21(35)17(20(34)28-24(33)38)12-15-7-8-18-16(11-15)13-27(19-14-29(4)9-10-32(18)19)22(36)30(5)25(39)31(6)23(27)37;/h7-8,11-12,19H,9-10,13-14H2,1-6H3,(H,28,34,38);1H/b17-12+;. The molecule has 40 heavy (non-hydrogen) atoms. The summed E-state index contributed by atoms with van der Waals surface area (Å²) in [6, 6.07) is 3.46. The lowest BCUT2D eigenvalue weighted by Gasteiger charge is -2.55. The van der Waals surface area contributed by atoms with Crippen molar-refractivity contribution in [3.63, 3.8) is 0 Å². The van der Waals surface area contributed by atoms with Crippen molar-refractivity contribution in [1.29, 1.82) is 0 Å². The summed E-state index contributed by atoms with van der Waals surface area (Å²) in [5.41, 5.74) is -0.506. The van der Waals surface area contributed by atoms with Gasteiger partial charge in [-0.15, -0.1) is 12.4 Å². The van der Waals surface area contributed by atoms with Gasteiger partial charge in [0, 0.05) is 45.0 Å². The highest BCUT2D eigenvalue weighted by atomic mass is 35.5. The largest absolute Gasteiger partial charge is 0.364 e. The molecule has 3 saturated heterocycles. The van der Waals surface area contributed by atoms with Crippen molar-refractivity contribution in [2.24, 2.45) is 5.41 Å². The molecule has 3 fully saturated rings. The van der Waals surface area contributed by atoms with E-state index in [0.717, 1.165) is 26.9 Å². The van der Waals surface area contributed by atoms with Gasteiger partial charge >= 0.3 is 12.1 Å². The Bertz CT molecular complexity index is 1360. The molecular formula is C27H33ClN6O6. The Morgan fingerprint density at radius 3 is 2.17 bits per heavy atom. The molecular weight excluding hydrogens is 540 g/mol. The number of barbiturate groups is 2. The Morgan fingerprint density at radius 2 is 1.57 bits per heavy atom. The molecule has 4 heterocycles. The summed E-state index contributed by atoms with van der Waals surface area (Å²) >= 11 is 0. The van der Waals surface area contributed by atoms with Gasteiger partial charge in [0.2, 0.25) is 11.8 Å². The lowest BCUT2D eigenvalue weighted by Crippen LogP contribution is -2.74. The first-order valence-corrected chi connectivity index (χ1v) is 12.8. The predicted molar refractivity (Wildman–Crippen MR) is 148 cm³/mol. The second-order valence-corrected chi connectivity index (χ2v) is 11.6. The van der Waals surface area contributed by atoms with E-state index in [1.807, 2.05) is 13.1 Å². The average molecular weight is 573 g/mol. The highest BCUT2D eigenvalue weighted by molar-refractivity contribution is 6.31. The molecule has 1 spiro atoms. The summed E-state index contributed by atoms with van der Waals surface area (Å²) in [7, 11) is 4.71. The highest BCUT2D eigenvalue weighted by Gasteiger charge is 2.63. The van der Waals surface area contributed by atoms with Crippen LogP contribution in [0.15, 0.2) is 23.8 Å². The van der Waals surface area contributed by atoms with E-state index in [1.165, 1.54) is 20.2 Å². The van der Waals surface area contributed by atoms with Gasteiger partial charge < -0.3 is 9.80 Å². The minimum Gasteiger partial charge on any atom is -0.364 e. The molecule has 0 saturated carbocycles. The molecule has 12 nitrogen and oxygen atoms in total. The van der Waals surface area contributed by atoms with Gasteiger partial charge in [0.05, 0.1) is 6.04 Å².